The first-order valence-electron chi connectivity index (χ1n) is 4.31. The Morgan fingerprint density at radius 1 is 1.54 bits per heavy atom. The molecule has 1 aliphatic carbocycles. The summed E-state index contributed by atoms with van der Waals surface area (Å²) in [5, 5.41) is 14.3. The standard InChI is InChI=1S/C7H13N5O/c1-12-7(9-10-11-12)8-5-3-6(4-5)13-2/h5-6H,3-4H2,1-2H3,(H,8,9,11). The third-order valence-electron chi connectivity index (χ3n) is 2.38. The van der Waals surface area contributed by atoms with Crippen LogP contribution >= 0.6 is 0 Å². The highest BCUT2D eigenvalue weighted by Gasteiger charge is 2.29. The molecule has 1 aliphatic rings. The van der Waals surface area contributed by atoms with E-state index in [1.54, 1.807) is 11.8 Å². The molecule has 1 N–H and O–H groups in total. The number of nitrogens with one attached hydrogen (secondary N) is 1. The first kappa shape index (κ1) is 8.43. The van der Waals surface area contributed by atoms with Gasteiger partial charge in [0, 0.05) is 20.2 Å². The van der Waals surface area contributed by atoms with Crippen molar-refractivity contribution in [2.45, 2.75) is 25.0 Å². The quantitative estimate of drug-likeness (QED) is 0.703. The molecule has 0 aliphatic heterocycles. The maximum Gasteiger partial charge on any atom is 0.242 e. The highest BCUT2D eigenvalue weighted by Crippen LogP contribution is 2.24. The average molecular weight is 183 g/mol. The van der Waals surface area contributed by atoms with Gasteiger partial charge in [0.05, 0.1) is 6.10 Å². The lowest BCUT2D eigenvalue weighted by Crippen LogP contribution is -2.40. The molecule has 72 valence electrons. The normalized spacial score (nSPS) is 26.9. The van der Waals surface area contributed by atoms with Crippen molar-refractivity contribution in [3.8, 4) is 0 Å². The predicted octanol–water partition coefficient (Wildman–Crippen LogP) is -0.201. The molecule has 0 atom stereocenters. The Kier molecular flexibility index (Phi) is 2.13. The Balaban J connectivity index is 1.84. The van der Waals surface area contributed by atoms with Crippen LogP contribution in [-0.4, -0.2) is 39.5 Å². The van der Waals surface area contributed by atoms with E-state index in [4.69, 9.17) is 4.74 Å². The van der Waals surface area contributed by atoms with E-state index in [1.807, 2.05) is 7.05 Å². The van der Waals surface area contributed by atoms with Gasteiger partial charge >= 0.3 is 0 Å². The second-order valence-corrected chi connectivity index (χ2v) is 3.30. The smallest absolute Gasteiger partial charge is 0.242 e. The van der Waals surface area contributed by atoms with E-state index >= 15 is 0 Å². The van der Waals surface area contributed by atoms with Crippen molar-refractivity contribution in [1.29, 1.82) is 0 Å². The summed E-state index contributed by atoms with van der Waals surface area (Å²) in [5.41, 5.74) is 0. The predicted molar refractivity (Wildman–Crippen MR) is 46.2 cm³/mol. The van der Waals surface area contributed by atoms with Gasteiger partial charge in [-0.05, 0) is 23.3 Å². The molecule has 0 aromatic carbocycles. The molecule has 0 unspecified atom stereocenters. The van der Waals surface area contributed by atoms with Gasteiger partial charge in [-0.2, -0.15) is 0 Å². The summed E-state index contributed by atoms with van der Waals surface area (Å²) in [6.45, 7) is 0. The molecule has 6 heteroatoms. The minimum absolute atomic E-state index is 0.402. The van der Waals surface area contributed by atoms with Crippen LogP contribution in [0.2, 0.25) is 0 Å². The van der Waals surface area contributed by atoms with Crippen molar-refractivity contribution in [2.75, 3.05) is 12.4 Å². The molecule has 0 amide bonds. The van der Waals surface area contributed by atoms with Crippen molar-refractivity contribution < 1.29 is 4.74 Å². The average Bonchev–Trinajstić information content (AvgIpc) is 2.43. The number of aromatic nitrogens is 4. The highest BCUT2D eigenvalue weighted by molar-refractivity contribution is 5.24. The lowest BCUT2D eigenvalue weighted by atomic mass is 9.89. The van der Waals surface area contributed by atoms with E-state index in [0.717, 1.165) is 18.8 Å². The second-order valence-electron chi connectivity index (χ2n) is 3.30. The van der Waals surface area contributed by atoms with Crippen LogP contribution in [0.25, 0.3) is 0 Å². The number of hydrogen-bond donors (Lipinski definition) is 1. The van der Waals surface area contributed by atoms with Gasteiger partial charge in [0.25, 0.3) is 0 Å². The molecule has 0 radical (unpaired) electrons. The summed E-state index contributed by atoms with van der Waals surface area (Å²) in [6, 6.07) is 0.453. The van der Waals surface area contributed by atoms with Gasteiger partial charge in [-0.1, -0.05) is 5.10 Å². The Morgan fingerprint density at radius 3 is 2.85 bits per heavy atom. The largest absolute Gasteiger partial charge is 0.381 e. The number of nitrogens with zero attached hydrogens (tertiary/aromatic N) is 4. The Morgan fingerprint density at radius 2 is 2.31 bits per heavy atom. The number of methoxy groups -OCH3 is 1. The lowest BCUT2D eigenvalue weighted by Gasteiger charge is -2.34. The van der Waals surface area contributed by atoms with Gasteiger partial charge in [0.15, 0.2) is 0 Å². The van der Waals surface area contributed by atoms with Crippen LogP contribution in [0.5, 0.6) is 0 Å². The van der Waals surface area contributed by atoms with Crippen LogP contribution in [0.1, 0.15) is 12.8 Å². The third kappa shape index (κ3) is 1.62. The number of aryl methyl sites for hydroxylation is 1. The Hall–Kier alpha value is -1.17. The second kappa shape index (κ2) is 3.29. The zero-order valence-electron chi connectivity index (χ0n) is 7.77. The summed E-state index contributed by atoms with van der Waals surface area (Å²) in [5.74, 6) is 0.722. The third-order valence-corrected chi connectivity index (χ3v) is 2.38. The maximum atomic E-state index is 5.17. The molecular formula is C7H13N5O. The first-order chi connectivity index (χ1) is 6.29. The number of rotatable bonds is 3. The van der Waals surface area contributed by atoms with E-state index in [-0.39, 0.29) is 0 Å². The number of hydrogen-bond acceptors (Lipinski definition) is 5. The minimum atomic E-state index is 0.402. The van der Waals surface area contributed by atoms with Crippen LogP contribution in [0.3, 0.4) is 0 Å². The molecule has 2 rings (SSSR count). The number of tetrazole rings is 1. The molecule has 0 saturated heterocycles. The topological polar surface area (TPSA) is 64.9 Å². The molecule has 1 aromatic heterocycles. The molecule has 1 saturated carbocycles. The van der Waals surface area contributed by atoms with E-state index in [0.29, 0.717) is 12.1 Å². The lowest BCUT2D eigenvalue weighted by molar-refractivity contribution is 0.0326. The first-order valence-corrected chi connectivity index (χ1v) is 4.31. The van der Waals surface area contributed by atoms with E-state index in [9.17, 15) is 0 Å². The molecule has 0 spiro atoms. The van der Waals surface area contributed by atoms with Crippen LogP contribution in [-0.2, 0) is 11.8 Å². The Bertz CT molecular complexity index is 280. The molecule has 1 heterocycles. The van der Waals surface area contributed by atoms with Gasteiger partial charge in [-0.25, -0.2) is 4.68 Å². The van der Waals surface area contributed by atoms with Gasteiger partial charge < -0.3 is 10.1 Å². The summed E-state index contributed by atoms with van der Waals surface area (Å²) in [4.78, 5) is 0. The zero-order chi connectivity index (χ0) is 9.26. The monoisotopic (exact) mass is 183 g/mol. The molecular weight excluding hydrogens is 170 g/mol. The fourth-order valence-corrected chi connectivity index (χ4v) is 1.41. The molecule has 13 heavy (non-hydrogen) atoms. The van der Waals surface area contributed by atoms with Crippen LogP contribution in [0, 0.1) is 0 Å². The summed E-state index contributed by atoms with van der Waals surface area (Å²) >= 11 is 0. The number of anilines is 1. The van der Waals surface area contributed by atoms with Crippen LogP contribution in [0.4, 0.5) is 5.95 Å². The van der Waals surface area contributed by atoms with Crippen molar-refractivity contribution in [3.63, 3.8) is 0 Å². The maximum absolute atomic E-state index is 5.17. The van der Waals surface area contributed by atoms with Gasteiger partial charge in [-0.15, -0.1) is 0 Å². The van der Waals surface area contributed by atoms with Crippen molar-refractivity contribution in [3.05, 3.63) is 0 Å². The summed E-state index contributed by atoms with van der Waals surface area (Å²) < 4.78 is 6.79. The van der Waals surface area contributed by atoms with E-state index in [2.05, 4.69) is 20.8 Å². The van der Waals surface area contributed by atoms with Gasteiger partial charge in [0.1, 0.15) is 0 Å². The SMILES string of the molecule is COC1CC(Nc2nnnn2C)C1. The van der Waals surface area contributed by atoms with Gasteiger partial charge in [-0.3, -0.25) is 0 Å². The summed E-state index contributed by atoms with van der Waals surface area (Å²) in [7, 11) is 3.56. The minimum Gasteiger partial charge on any atom is -0.381 e. The Labute approximate surface area is 76.3 Å². The molecule has 1 fully saturated rings. The van der Waals surface area contributed by atoms with E-state index in [1.165, 1.54) is 0 Å². The molecule has 0 bridgehead atoms. The molecule has 1 aromatic rings. The van der Waals surface area contributed by atoms with E-state index < -0.39 is 0 Å². The molecule has 6 nitrogen and oxygen atoms in total. The zero-order valence-corrected chi connectivity index (χ0v) is 7.77. The van der Waals surface area contributed by atoms with Crippen molar-refractivity contribution in [2.24, 2.45) is 7.05 Å². The fourth-order valence-electron chi connectivity index (χ4n) is 1.41. The van der Waals surface area contributed by atoms with Crippen LogP contribution in [0.15, 0.2) is 0 Å². The summed E-state index contributed by atoms with van der Waals surface area (Å²) in [6.07, 6.45) is 2.46. The number of ether oxygens (including phenoxy) is 1. The fraction of sp³-hybridized carbons (Fsp3) is 0.857. The highest BCUT2D eigenvalue weighted by atomic mass is 16.5. The van der Waals surface area contributed by atoms with Crippen molar-refractivity contribution >= 4 is 5.95 Å². The van der Waals surface area contributed by atoms with Crippen molar-refractivity contribution in [1.82, 2.24) is 20.2 Å². The van der Waals surface area contributed by atoms with Gasteiger partial charge in [0.2, 0.25) is 5.95 Å². The van der Waals surface area contributed by atoms with Crippen LogP contribution < -0.4 is 5.32 Å².